The second-order valence-corrected chi connectivity index (χ2v) is 38.2. The van der Waals surface area contributed by atoms with Gasteiger partial charge in [0.2, 0.25) is 0 Å². The van der Waals surface area contributed by atoms with Crippen molar-refractivity contribution in [2.45, 2.75) is 304 Å². The topological polar surface area (TPSA) is 122 Å². The summed E-state index contributed by atoms with van der Waals surface area (Å²) in [5.41, 5.74) is 2.29. The Morgan fingerprint density at radius 1 is 0.658 bits per heavy atom. The van der Waals surface area contributed by atoms with E-state index in [9.17, 15) is 5.11 Å². The monoisotopic (exact) mass is 1070 g/mol. The highest BCUT2D eigenvalue weighted by molar-refractivity contribution is 6.74. The van der Waals surface area contributed by atoms with Crippen molar-refractivity contribution >= 4 is 25.0 Å². The van der Waals surface area contributed by atoms with Crippen LogP contribution in [0.5, 0.6) is 0 Å². The van der Waals surface area contributed by atoms with E-state index in [-0.39, 0.29) is 97.5 Å². The van der Waals surface area contributed by atoms with Crippen molar-refractivity contribution in [3.05, 3.63) is 36.5 Å². The molecule has 15 heteroatoms. The zero-order valence-corrected chi connectivity index (χ0v) is 50.5. The summed E-state index contributed by atoms with van der Waals surface area (Å²) >= 11 is 0. The lowest BCUT2D eigenvalue weighted by molar-refractivity contribution is -0.271. The van der Waals surface area contributed by atoms with Gasteiger partial charge in [-0.25, -0.2) is 0 Å². The first kappa shape index (κ1) is 58.5. The summed E-state index contributed by atoms with van der Waals surface area (Å²) in [6.45, 7) is 32.8. The molecule has 1 spiro atoms. The number of hydrogen-bond acceptors (Lipinski definition) is 12. The molecule has 9 aliphatic rings. The lowest BCUT2D eigenvalue weighted by atomic mass is 9.81. The fourth-order valence-electron chi connectivity index (χ4n) is 14.8. The standard InChI is InChI=1S/C58H102O12Si3/c1-14-71(15-2,16-3)61-37-44(69-72(17-4,18-5)19-6)34-50-52(60-13)45-33-41(59)25-23-24-26-47-54(70-73(20-7,21-8)22-9)57-56-55(65-47)53-51(66-56)36-58(67-53,68-57)30-29-43-32-39(11)46(62-43)28-27-42-31-38(10)40(12)48(63-42)35-49(45)64-50/h23-24,38,41-57,59H,11-12,14-22,25-37H2,1-10,13H3/b24-23+/t38-,41?,42?,43?,44?,45?,46+,47+,48?,49+,50?,51-,52-,53+,54?,55+,56-,57+,58+/m1/s1. The molecular formula is C58H102O12Si3. The van der Waals surface area contributed by atoms with Crippen LogP contribution in [0.3, 0.4) is 0 Å². The van der Waals surface area contributed by atoms with Crippen LogP contribution in [0, 0.1) is 11.8 Å². The molecule has 0 aliphatic carbocycles. The second kappa shape index (κ2) is 25.2. The molecule has 0 amide bonds. The Balaban J connectivity index is 1.08. The number of aliphatic hydroxyl groups excluding tert-OH is 1. The van der Waals surface area contributed by atoms with Crippen molar-refractivity contribution in [3.63, 3.8) is 0 Å². The Bertz CT molecular complexity index is 1800. The van der Waals surface area contributed by atoms with Crippen LogP contribution >= 0.6 is 0 Å². The van der Waals surface area contributed by atoms with Gasteiger partial charge in [0, 0.05) is 38.7 Å². The third-order valence-electron chi connectivity index (χ3n) is 20.3. The normalized spacial score (nSPS) is 41.3. The lowest BCUT2D eigenvalue weighted by Crippen LogP contribution is -2.62. The molecule has 11 bridgehead atoms. The average Bonchev–Trinajstić information content (AvgIpc) is 4.08. The van der Waals surface area contributed by atoms with E-state index in [1.807, 2.05) is 7.11 Å². The minimum Gasteiger partial charge on any atom is -0.414 e. The van der Waals surface area contributed by atoms with Crippen LogP contribution in [-0.4, -0.2) is 147 Å². The van der Waals surface area contributed by atoms with E-state index in [2.05, 4.69) is 94.5 Å². The van der Waals surface area contributed by atoms with Gasteiger partial charge in [-0.1, -0.05) is 94.5 Å². The molecule has 8 fully saturated rings. The van der Waals surface area contributed by atoms with Gasteiger partial charge in [-0.05, 0) is 123 Å². The predicted octanol–water partition coefficient (Wildman–Crippen LogP) is 12.1. The molecule has 73 heavy (non-hydrogen) atoms. The number of hydrogen-bond donors (Lipinski definition) is 1. The third-order valence-corrected chi connectivity index (χ3v) is 34.3. The van der Waals surface area contributed by atoms with E-state index >= 15 is 0 Å². The van der Waals surface area contributed by atoms with Crippen molar-refractivity contribution in [3.8, 4) is 0 Å². The Hall–Kier alpha value is -0.609. The van der Waals surface area contributed by atoms with Gasteiger partial charge in [0.1, 0.15) is 30.5 Å². The fourth-order valence-corrected chi connectivity index (χ4v) is 23.2. The largest absolute Gasteiger partial charge is 0.414 e. The molecule has 0 aromatic heterocycles. The van der Waals surface area contributed by atoms with Crippen molar-refractivity contribution in [2.75, 3.05) is 13.7 Å². The molecule has 418 valence electrons. The van der Waals surface area contributed by atoms with Gasteiger partial charge in [0.25, 0.3) is 0 Å². The van der Waals surface area contributed by atoms with Gasteiger partial charge in [-0.3, -0.25) is 0 Å². The maximum absolute atomic E-state index is 12.2. The van der Waals surface area contributed by atoms with Gasteiger partial charge in [-0.2, -0.15) is 0 Å². The average molecular weight is 1080 g/mol. The SMILES string of the molecule is C=C1C2C[C@@H]3OC(CC(CO[Si](CC)(CC)CC)O[Si](CC)(CC)CC)[C@H](OC)C3CC(O)C/C=C/C[C@@H]3O[C@H]4[C@H]5O[C@]6(CCC7CC(=C)[C@H](CCC(C[C@H]1C)O2)O7)C[C@H]5O[C@H]4[C@@H](O6)C3O[Si](CC)(CC)CC. The summed E-state index contributed by atoms with van der Waals surface area (Å²) in [5, 5.41) is 12.2. The second-order valence-electron chi connectivity index (χ2n) is 24.0. The maximum atomic E-state index is 12.2. The fraction of sp³-hybridized carbons (Fsp3) is 0.897. The molecular weight excluding hydrogens is 973 g/mol. The molecule has 8 saturated heterocycles. The van der Waals surface area contributed by atoms with Crippen LogP contribution in [0.1, 0.15) is 146 Å². The van der Waals surface area contributed by atoms with Crippen molar-refractivity contribution in [1.29, 1.82) is 0 Å². The number of aliphatic hydroxyl groups is 1. The molecule has 0 aromatic rings. The highest BCUT2D eigenvalue weighted by Crippen LogP contribution is 2.54. The van der Waals surface area contributed by atoms with Gasteiger partial charge < -0.3 is 56.3 Å². The zero-order valence-electron chi connectivity index (χ0n) is 47.5. The molecule has 9 heterocycles. The zero-order chi connectivity index (χ0) is 52.3. The minimum atomic E-state index is -2.12. The van der Waals surface area contributed by atoms with Crippen LogP contribution in [0.4, 0.5) is 0 Å². The summed E-state index contributed by atoms with van der Waals surface area (Å²) in [6, 6.07) is 9.57. The van der Waals surface area contributed by atoms with Crippen LogP contribution < -0.4 is 0 Å². The third kappa shape index (κ3) is 12.6. The lowest BCUT2D eigenvalue weighted by Gasteiger charge is -2.47. The van der Waals surface area contributed by atoms with E-state index in [0.29, 0.717) is 51.0 Å². The first-order valence-corrected chi connectivity index (χ1v) is 37.5. The number of rotatable bonds is 19. The highest BCUT2D eigenvalue weighted by atomic mass is 28.4. The molecule has 0 aromatic carbocycles. The minimum absolute atomic E-state index is 0.0190. The first-order chi connectivity index (χ1) is 35.1. The van der Waals surface area contributed by atoms with Gasteiger partial charge in [0.15, 0.2) is 30.7 Å². The number of ether oxygens (including phenoxy) is 8. The Morgan fingerprint density at radius 2 is 1.29 bits per heavy atom. The molecule has 9 rings (SSSR count). The van der Waals surface area contributed by atoms with Crippen molar-refractivity contribution < 1.29 is 56.3 Å². The van der Waals surface area contributed by atoms with E-state index in [4.69, 9.17) is 51.2 Å². The van der Waals surface area contributed by atoms with E-state index in [1.54, 1.807) is 0 Å². The van der Waals surface area contributed by atoms with Crippen LogP contribution in [-0.2, 0) is 51.2 Å². The summed E-state index contributed by atoms with van der Waals surface area (Å²) in [6.07, 6.45) is 10.1. The van der Waals surface area contributed by atoms with Gasteiger partial charge in [-0.15, -0.1) is 0 Å². The molecule has 9 aliphatic heterocycles. The van der Waals surface area contributed by atoms with Crippen molar-refractivity contribution in [1.82, 2.24) is 0 Å². The molecule has 19 atom stereocenters. The molecule has 0 radical (unpaired) electrons. The summed E-state index contributed by atoms with van der Waals surface area (Å²) < 4.78 is 78.1. The van der Waals surface area contributed by atoms with Gasteiger partial charge in [0.05, 0.1) is 73.8 Å². The van der Waals surface area contributed by atoms with E-state index < -0.39 is 36.8 Å². The molecule has 12 nitrogen and oxygen atoms in total. The smallest absolute Gasteiger partial charge is 0.192 e. The summed E-state index contributed by atoms with van der Waals surface area (Å²) in [5.74, 6) is -0.551. The summed E-state index contributed by atoms with van der Waals surface area (Å²) in [7, 11) is -4.21. The van der Waals surface area contributed by atoms with Crippen molar-refractivity contribution in [2.24, 2.45) is 11.8 Å². The molecule has 1 N–H and O–H groups in total. The molecule has 8 unspecified atom stereocenters. The molecule has 0 saturated carbocycles. The Morgan fingerprint density at radius 3 is 1.96 bits per heavy atom. The predicted molar refractivity (Wildman–Crippen MR) is 295 cm³/mol. The quantitative estimate of drug-likeness (QED) is 0.0979. The van der Waals surface area contributed by atoms with E-state index in [1.165, 1.54) is 0 Å². The van der Waals surface area contributed by atoms with Crippen LogP contribution in [0.15, 0.2) is 36.5 Å². The Labute approximate surface area is 445 Å². The summed E-state index contributed by atoms with van der Waals surface area (Å²) in [4.78, 5) is 0. The Kier molecular flexibility index (Phi) is 20.2. The van der Waals surface area contributed by atoms with Crippen LogP contribution in [0.25, 0.3) is 0 Å². The van der Waals surface area contributed by atoms with Gasteiger partial charge >= 0.3 is 0 Å². The maximum Gasteiger partial charge on any atom is 0.192 e. The number of fused-ring (bicyclic) bond motifs is 6. The number of methoxy groups -OCH3 is 1. The first-order valence-electron chi connectivity index (χ1n) is 30.0. The van der Waals surface area contributed by atoms with E-state index in [0.717, 1.165) is 104 Å². The highest BCUT2D eigenvalue weighted by Gasteiger charge is 2.68. The van der Waals surface area contributed by atoms with Crippen LogP contribution in [0.2, 0.25) is 54.4 Å².